The molecule has 0 aliphatic rings. The second-order valence-electron chi connectivity index (χ2n) is 17.5. The van der Waals surface area contributed by atoms with Gasteiger partial charge in [0.1, 0.15) is 0 Å². The first-order valence-electron chi connectivity index (χ1n) is 22.9. The molecule has 0 N–H and O–H groups in total. The van der Waals surface area contributed by atoms with Gasteiger partial charge in [-0.2, -0.15) is 0 Å². The molecule has 13 aromatic rings. The lowest BCUT2D eigenvalue weighted by molar-refractivity contribution is 1.61. The molecule has 0 spiro atoms. The molecule has 0 heteroatoms. The highest BCUT2D eigenvalue weighted by atomic mass is 14.3. The fourth-order valence-electron chi connectivity index (χ4n) is 10.9. The van der Waals surface area contributed by atoms with Crippen LogP contribution < -0.4 is 0 Å². The second kappa shape index (κ2) is 15.6. The predicted molar refractivity (Wildman–Crippen MR) is 284 cm³/mol. The zero-order valence-corrected chi connectivity index (χ0v) is 36.2. The van der Waals surface area contributed by atoms with Crippen molar-refractivity contribution in [3.63, 3.8) is 0 Å². The topological polar surface area (TPSA) is 0 Å². The van der Waals surface area contributed by atoms with Crippen molar-refractivity contribution in [1.29, 1.82) is 0 Å². The minimum atomic E-state index is 1.20. The first-order valence-corrected chi connectivity index (χ1v) is 22.9. The van der Waals surface area contributed by atoms with E-state index in [4.69, 9.17) is 0 Å². The highest BCUT2D eigenvalue weighted by Crippen LogP contribution is 2.51. The molecular weight excluding hydrogens is 793 g/mol. The molecule has 13 aromatic carbocycles. The van der Waals surface area contributed by atoms with E-state index in [1.165, 1.54) is 131 Å². The Balaban J connectivity index is 1.15. The van der Waals surface area contributed by atoms with E-state index in [9.17, 15) is 0 Å². The molecule has 66 heavy (non-hydrogen) atoms. The normalized spacial score (nSPS) is 11.6. The lowest BCUT2D eigenvalue weighted by atomic mass is 9.80. The maximum atomic E-state index is 2.51. The fourth-order valence-corrected chi connectivity index (χ4v) is 10.9. The van der Waals surface area contributed by atoms with Crippen LogP contribution in [0.25, 0.3) is 131 Å². The van der Waals surface area contributed by atoms with E-state index in [1.807, 2.05) is 0 Å². The number of benzene rings is 13. The van der Waals surface area contributed by atoms with E-state index < -0.39 is 0 Å². The van der Waals surface area contributed by atoms with Crippen molar-refractivity contribution in [3.05, 3.63) is 255 Å². The molecule has 0 radical (unpaired) electrons. The summed E-state index contributed by atoms with van der Waals surface area (Å²) in [6.07, 6.45) is 0. The zero-order chi connectivity index (χ0) is 43.6. The zero-order valence-electron chi connectivity index (χ0n) is 36.2. The van der Waals surface area contributed by atoms with Gasteiger partial charge in [-0.25, -0.2) is 0 Å². The van der Waals surface area contributed by atoms with Crippen LogP contribution in [0.4, 0.5) is 0 Å². The van der Waals surface area contributed by atoms with E-state index in [0.29, 0.717) is 0 Å². The molecule has 0 amide bonds. The molecule has 0 heterocycles. The van der Waals surface area contributed by atoms with Crippen molar-refractivity contribution in [2.75, 3.05) is 0 Å². The van der Waals surface area contributed by atoms with E-state index >= 15 is 0 Å². The fraction of sp³-hybridized carbons (Fsp3) is 0. The summed E-state index contributed by atoms with van der Waals surface area (Å²) in [7, 11) is 0. The van der Waals surface area contributed by atoms with Crippen molar-refractivity contribution >= 4 is 64.6 Å². The molecule has 0 aliphatic carbocycles. The van der Waals surface area contributed by atoms with Gasteiger partial charge in [-0.1, -0.05) is 237 Å². The summed E-state index contributed by atoms with van der Waals surface area (Å²) >= 11 is 0. The molecule has 0 nitrogen and oxygen atoms in total. The summed E-state index contributed by atoms with van der Waals surface area (Å²) in [6, 6.07) is 94.4. The first-order chi connectivity index (χ1) is 32.8. The Kier molecular flexibility index (Phi) is 8.96. The standard InChI is InChI=1S/C66H42/c1-2-20-45(21-3-1)63-55-28-12-14-30-57(55)64(58-31-15-13-29-56(58)63)50-38-39-61-62(42-50)66(54-27-11-9-25-52(54)49-37-35-44-19-5-7-23-47(44)41-49)60-33-17-16-32-59(60)65(61)53-26-10-8-24-51(53)48-36-34-43-18-4-6-22-46(43)40-48/h1-42H. The molecule has 0 saturated carbocycles. The van der Waals surface area contributed by atoms with Crippen LogP contribution in [0.2, 0.25) is 0 Å². The molecule has 0 bridgehead atoms. The Morgan fingerprint density at radius 3 is 0.970 bits per heavy atom. The quantitative estimate of drug-likeness (QED) is 0.146. The van der Waals surface area contributed by atoms with Gasteiger partial charge in [0.05, 0.1) is 0 Å². The highest BCUT2D eigenvalue weighted by molar-refractivity contribution is 6.26. The smallest absolute Gasteiger partial charge is 0.00199 e. The van der Waals surface area contributed by atoms with Gasteiger partial charge in [0.2, 0.25) is 0 Å². The minimum absolute atomic E-state index is 1.20. The van der Waals surface area contributed by atoms with Crippen molar-refractivity contribution in [1.82, 2.24) is 0 Å². The Morgan fingerprint density at radius 1 is 0.152 bits per heavy atom. The monoisotopic (exact) mass is 834 g/mol. The van der Waals surface area contributed by atoms with Gasteiger partial charge in [0.15, 0.2) is 0 Å². The number of rotatable bonds is 6. The largest absolute Gasteiger partial charge is 0.0622 e. The Hall–Kier alpha value is -8.58. The second-order valence-corrected chi connectivity index (χ2v) is 17.5. The van der Waals surface area contributed by atoms with Crippen LogP contribution in [0.1, 0.15) is 0 Å². The van der Waals surface area contributed by atoms with E-state index in [1.54, 1.807) is 0 Å². The Labute approximate surface area is 384 Å². The Morgan fingerprint density at radius 2 is 0.485 bits per heavy atom. The van der Waals surface area contributed by atoms with Gasteiger partial charge in [0, 0.05) is 0 Å². The van der Waals surface area contributed by atoms with Gasteiger partial charge in [-0.3, -0.25) is 0 Å². The van der Waals surface area contributed by atoms with Crippen LogP contribution in [-0.2, 0) is 0 Å². The lowest BCUT2D eigenvalue weighted by Gasteiger charge is -2.23. The summed E-state index contributed by atoms with van der Waals surface area (Å²) in [5.74, 6) is 0. The SMILES string of the molecule is c1ccc(-c2c3ccccc3c(-c3ccc4c(-c5ccccc5-c5ccc6ccccc6c5)c5ccccc5c(-c5ccccc5-c5ccc6ccccc6c5)c4c3)c3ccccc23)cc1. The maximum Gasteiger partial charge on any atom is -0.00199 e. The summed E-state index contributed by atoms with van der Waals surface area (Å²) < 4.78 is 0. The lowest BCUT2D eigenvalue weighted by Crippen LogP contribution is -1.95. The van der Waals surface area contributed by atoms with Crippen LogP contribution in [0.5, 0.6) is 0 Å². The number of hydrogen-bond acceptors (Lipinski definition) is 0. The van der Waals surface area contributed by atoms with Crippen LogP contribution in [0, 0.1) is 0 Å². The molecule has 0 atom stereocenters. The number of hydrogen-bond donors (Lipinski definition) is 0. The van der Waals surface area contributed by atoms with Crippen LogP contribution in [0.3, 0.4) is 0 Å². The molecular formula is C66H42. The van der Waals surface area contributed by atoms with Crippen molar-refractivity contribution in [3.8, 4) is 66.8 Å². The highest BCUT2D eigenvalue weighted by Gasteiger charge is 2.23. The molecule has 306 valence electrons. The van der Waals surface area contributed by atoms with Gasteiger partial charge in [-0.05, 0) is 150 Å². The Bertz CT molecular complexity index is 3980. The molecule has 0 unspecified atom stereocenters. The minimum Gasteiger partial charge on any atom is -0.0622 e. The average molecular weight is 835 g/mol. The van der Waals surface area contributed by atoms with Gasteiger partial charge in [0.25, 0.3) is 0 Å². The summed E-state index contributed by atoms with van der Waals surface area (Å²) in [4.78, 5) is 0. The predicted octanol–water partition coefficient (Wildman–Crippen LogP) is 18.6. The first kappa shape index (κ1) is 37.9. The van der Waals surface area contributed by atoms with Gasteiger partial charge < -0.3 is 0 Å². The van der Waals surface area contributed by atoms with E-state index in [0.717, 1.165) is 0 Å². The molecule has 0 aliphatic heterocycles. The summed E-state index contributed by atoms with van der Waals surface area (Å²) in [6.45, 7) is 0. The summed E-state index contributed by atoms with van der Waals surface area (Å²) in [5, 5.41) is 14.9. The molecule has 0 aromatic heterocycles. The molecule has 0 fully saturated rings. The van der Waals surface area contributed by atoms with Crippen LogP contribution in [-0.4, -0.2) is 0 Å². The summed E-state index contributed by atoms with van der Waals surface area (Å²) in [5.41, 5.74) is 14.7. The van der Waals surface area contributed by atoms with Crippen LogP contribution >= 0.6 is 0 Å². The third kappa shape index (κ3) is 6.15. The molecule has 13 rings (SSSR count). The van der Waals surface area contributed by atoms with Crippen molar-refractivity contribution in [2.24, 2.45) is 0 Å². The van der Waals surface area contributed by atoms with E-state index in [2.05, 4.69) is 255 Å². The average Bonchev–Trinajstić information content (AvgIpc) is 3.39. The van der Waals surface area contributed by atoms with Crippen molar-refractivity contribution < 1.29 is 0 Å². The molecule has 0 saturated heterocycles. The maximum absolute atomic E-state index is 2.51. The van der Waals surface area contributed by atoms with E-state index in [-0.39, 0.29) is 0 Å². The number of fused-ring (bicyclic) bond motifs is 6. The van der Waals surface area contributed by atoms with Gasteiger partial charge >= 0.3 is 0 Å². The van der Waals surface area contributed by atoms with Crippen molar-refractivity contribution in [2.45, 2.75) is 0 Å². The third-order valence-electron chi connectivity index (χ3n) is 13.8. The third-order valence-corrected chi connectivity index (χ3v) is 13.8. The van der Waals surface area contributed by atoms with Crippen LogP contribution in [0.15, 0.2) is 255 Å². The van der Waals surface area contributed by atoms with Gasteiger partial charge in [-0.15, -0.1) is 0 Å².